The number of hydrogen-bond acceptors (Lipinski definition) is 4. The smallest absolute Gasteiger partial charge is 0.248 e. The molecule has 2 aromatic rings. The number of thiazole rings is 1. The fourth-order valence-electron chi connectivity index (χ4n) is 1.96. The Hall–Kier alpha value is -1.40. The molecule has 1 aromatic carbocycles. The number of rotatable bonds is 2. The molecule has 92 valence electrons. The highest BCUT2D eigenvalue weighted by molar-refractivity contribution is 9.11. The Morgan fingerprint density at radius 3 is 3.06 bits per heavy atom. The number of fused-ring (bicyclic) bond motifs is 1. The fraction of sp³-hybridized carbons (Fsp3) is 0.167. The van der Waals surface area contributed by atoms with Gasteiger partial charge in [-0.25, -0.2) is 4.98 Å². The summed E-state index contributed by atoms with van der Waals surface area (Å²) in [6.07, 6.45) is 2.39. The lowest BCUT2D eigenvalue weighted by atomic mass is 10.1. The number of carbonyl (C=O) groups excluding carboxylic acids is 1. The van der Waals surface area contributed by atoms with Gasteiger partial charge in [-0.3, -0.25) is 4.79 Å². The number of benzene rings is 1. The molecule has 4 nitrogen and oxygen atoms in total. The molecule has 1 aromatic heterocycles. The van der Waals surface area contributed by atoms with Crippen molar-refractivity contribution in [3.63, 3.8) is 0 Å². The molecule has 2 heterocycles. The lowest BCUT2D eigenvalue weighted by Gasteiger charge is -2.09. The number of halogens is 1. The van der Waals surface area contributed by atoms with Gasteiger partial charge >= 0.3 is 0 Å². The molecule has 3 rings (SSSR count). The predicted molar refractivity (Wildman–Crippen MR) is 76.0 cm³/mol. The second-order valence-electron chi connectivity index (χ2n) is 4.02. The number of nitrogens with one attached hydrogen (secondary N) is 2. The molecule has 6 heteroatoms. The van der Waals surface area contributed by atoms with E-state index in [1.165, 1.54) is 16.9 Å². The maximum Gasteiger partial charge on any atom is 0.248 e. The first-order chi connectivity index (χ1) is 8.72. The summed E-state index contributed by atoms with van der Waals surface area (Å²) in [5, 5.41) is 6.65. The van der Waals surface area contributed by atoms with Gasteiger partial charge in [0.2, 0.25) is 5.91 Å². The standard InChI is InChI=1S/C12H10BrN3OS/c13-10-6-14-12(18-10)16-11(17)9-5-7-3-1-2-4-8(7)15-9/h1-4,6,9,15H,5H2,(H,14,16,17). The molecule has 1 aliphatic heterocycles. The van der Waals surface area contributed by atoms with Crippen molar-refractivity contribution in [1.82, 2.24) is 4.98 Å². The Bertz CT molecular complexity index is 574. The number of hydrogen-bond donors (Lipinski definition) is 2. The molecule has 18 heavy (non-hydrogen) atoms. The molecule has 1 atom stereocenters. The highest BCUT2D eigenvalue weighted by atomic mass is 79.9. The molecule has 0 bridgehead atoms. The lowest BCUT2D eigenvalue weighted by Crippen LogP contribution is -2.32. The van der Waals surface area contributed by atoms with Crippen LogP contribution in [0.1, 0.15) is 5.56 Å². The van der Waals surface area contributed by atoms with Crippen LogP contribution in [-0.2, 0) is 11.2 Å². The summed E-state index contributed by atoms with van der Waals surface area (Å²) in [5.74, 6) is -0.0481. The van der Waals surface area contributed by atoms with Crippen molar-refractivity contribution in [1.29, 1.82) is 0 Å². The maximum absolute atomic E-state index is 12.1. The van der Waals surface area contributed by atoms with E-state index in [0.717, 1.165) is 9.47 Å². The average molecular weight is 324 g/mol. The van der Waals surface area contributed by atoms with Gasteiger partial charge in [-0.2, -0.15) is 0 Å². The average Bonchev–Trinajstić information content (AvgIpc) is 2.95. The van der Waals surface area contributed by atoms with Crippen LogP contribution in [0.2, 0.25) is 0 Å². The Morgan fingerprint density at radius 1 is 1.50 bits per heavy atom. The van der Waals surface area contributed by atoms with Gasteiger partial charge in [-0.15, -0.1) is 0 Å². The van der Waals surface area contributed by atoms with Crippen LogP contribution in [0, 0.1) is 0 Å². The van der Waals surface area contributed by atoms with Crippen LogP contribution in [-0.4, -0.2) is 16.9 Å². The van der Waals surface area contributed by atoms with E-state index in [2.05, 4.69) is 31.5 Å². The van der Waals surface area contributed by atoms with E-state index in [1.54, 1.807) is 6.20 Å². The zero-order valence-electron chi connectivity index (χ0n) is 9.31. The highest BCUT2D eigenvalue weighted by Crippen LogP contribution is 2.27. The van der Waals surface area contributed by atoms with Crippen LogP contribution < -0.4 is 10.6 Å². The van der Waals surface area contributed by atoms with E-state index in [-0.39, 0.29) is 11.9 Å². The second-order valence-corrected chi connectivity index (χ2v) is 6.43. The fourth-order valence-corrected chi connectivity index (χ4v) is 3.07. The number of carbonyl (C=O) groups is 1. The number of nitrogens with zero attached hydrogens (tertiary/aromatic N) is 1. The van der Waals surface area contributed by atoms with Crippen LogP contribution in [0.3, 0.4) is 0 Å². The van der Waals surface area contributed by atoms with E-state index < -0.39 is 0 Å². The van der Waals surface area contributed by atoms with E-state index >= 15 is 0 Å². The molecule has 0 fully saturated rings. The first-order valence-electron chi connectivity index (χ1n) is 5.49. The van der Waals surface area contributed by atoms with E-state index in [1.807, 2.05) is 24.3 Å². The third kappa shape index (κ3) is 2.26. The monoisotopic (exact) mass is 323 g/mol. The van der Waals surface area contributed by atoms with Crippen molar-refractivity contribution in [3.05, 3.63) is 39.8 Å². The quantitative estimate of drug-likeness (QED) is 0.893. The summed E-state index contributed by atoms with van der Waals surface area (Å²) < 4.78 is 0.903. The zero-order valence-corrected chi connectivity index (χ0v) is 11.7. The molecule has 1 unspecified atom stereocenters. The Morgan fingerprint density at radius 2 is 2.33 bits per heavy atom. The van der Waals surface area contributed by atoms with Crippen LogP contribution in [0.5, 0.6) is 0 Å². The van der Waals surface area contributed by atoms with Gasteiger partial charge in [0.1, 0.15) is 6.04 Å². The van der Waals surface area contributed by atoms with Crippen LogP contribution in [0.15, 0.2) is 34.2 Å². The Balaban J connectivity index is 1.69. The third-order valence-electron chi connectivity index (χ3n) is 2.80. The first-order valence-corrected chi connectivity index (χ1v) is 7.10. The van der Waals surface area contributed by atoms with Crippen molar-refractivity contribution in [2.45, 2.75) is 12.5 Å². The molecule has 0 aliphatic carbocycles. The summed E-state index contributed by atoms with van der Waals surface area (Å²) in [6.45, 7) is 0. The summed E-state index contributed by atoms with van der Waals surface area (Å²) in [7, 11) is 0. The third-order valence-corrected chi connectivity index (χ3v) is 4.19. The predicted octanol–water partition coefficient (Wildman–Crippen LogP) is 2.88. The minimum atomic E-state index is -0.218. The van der Waals surface area contributed by atoms with Gasteiger partial charge in [0.05, 0.1) is 9.98 Å². The molecule has 2 N–H and O–H groups in total. The zero-order chi connectivity index (χ0) is 12.5. The Kier molecular flexibility index (Phi) is 3.05. The maximum atomic E-state index is 12.1. The summed E-state index contributed by atoms with van der Waals surface area (Å²) in [4.78, 5) is 16.2. The van der Waals surface area contributed by atoms with Crippen LogP contribution in [0.4, 0.5) is 10.8 Å². The molecular formula is C12H10BrN3OS. The largest absolute Gasteiger partial charge is 0.373 e. The summed E-state index contributed by atoms with van der Waals surface area (Å²) in [5.41, 5.74) is 2.22. The first kappa shape index (κ1) is 11.7. The van der Waals surface area contributed by atoms with Crippen molar-refractivity contribution in [2.24, 2.45) is 0 Å². The SMILES string of the molecule is O=C(Nc1ncc(Br)s1)C1Cc2ccccc2N1. The normalized spacial score (nSPS) is 17.1. The highest BCUT2D eigenvalue weighted by Gasteiger charge is 2.26. The topological polar surface area (TPSA) is 54.0 Å². The van der Waals surface area contributed by atoms with E-state index in [4.69, 9.17) is 0 Å². The lowest BCUT2D eigenvalue weighted by molar-refractivity contribution is -0.116. The number of amides is 1. The number of anilines is 2. The second kappa shape index (κ2) is 4.70. The van der Waals surface area contributed by atoms with Gasteiger partial charge in [0.25, 0.3) is 0 Å². The van der Waals surface area contributed by atoms with E-state index in [9.17, 15) is 4.79 Å². The van der Waals surface area contributed by atoms with Gasteiger partial charge in [0, 0.05) is 12.1 Å². The summed E-state index contributed by atoms with van der Waals surface area (Å²) in [6, 6.07) is 7.76. The molecule has 1 aliphatic rings. The molecule has 1 amide bonds. The van der Waals surface area contributed by atoms with Gasteiger partial charge in [-0.05, 0) is 27.6 Å². The Labute approximate surface area is 117 Å². The van der Waals surface area contributed by atoms with Crippen molar-refractivity contribution in [2.75, 3.05) is 10.6 Å². The molecule has 0 radical (unpaired) electrons. The van der Waals surface area contributed by atoms with Crippen molar-refractivity contribution >= 4 is 44.0 Å². The van der Waals surface area contributed by atoms with Crippen molar-refractivity contribution in [3.8, 4) is 0 Å². The van der Waals surface area contributed by atoms with E-state index in [0.29, 0.717) is 11.6 Å². The van der Waals surface area contributed by atoms with Gasteiger partial charge in [0.15, 0.2) is 5.13 Å². The van der Waals surface area contributed by atoms with Gasteiger partial charge < -0.3 is 10.6 Å². The van der Waals surface area contributed by atoms with Crippen molar-refractivity contribution < 1.29 is 4.79 Å². The molecule has 0 saturated carbocycles. The number of aromatic nitrogens is 1. The summed E-state index contributed by atoms with van der Waals surface area (Å²) >= 11 is 4.72. The van der Waals surface area contributed by atoms with Crippen LogP contribution >= 0.6 is 27.3 Å². The minimum Gasteiger partial charge on any atom is -0.373 e. The van der Waals surface area contributed by atoms with Crippen LogP contribution in [0.25, 0.3) is 0 Å². The molecule has 0 spiro atoms. The molecule has 0 saturated heterocycles. The minimum absolute atomic E-state index is 0.0481. The molecular weight excluding hydrogens is 314 g/mol. The number of para-hydroxylation sites is 1. The van der Waals surface area contributed by atoms with Gasteiger partial charge in [-0.1, -0.05) is 29.5 Å².